The SMILES string of the molecule is F.[CH2-]c1ccccc1.[K+]. The van der Waals surface area contributed by atoms with Crippen molar-refractivity contribution in [3.8, 4) is 0 Å². The van der Waals surface area contributed by atoms with Crippen LogP contribution in [0.5, 0.6) is 0 Å². The summed E-state index contributed by atoms with van der Waals surface area (Å²) in [5, 5.41) is 0. The van der Waals surface area contributed by atoms with Gasteiger partial charge in [-0.2, -0.15) is 24.6 Å². The zero-order chi connectivity index (χ0) is 5.11. The summed E-state index contributed by atoms with van der Waals surface area (Å²) >= 11 is 0. The average molecular weight is 150 g/mol. The normalized spacial score (nSPS) is 6.67. The van der Waals surface area contributed by atoms with Gasteiger partial charge in [0.1, 0.15) is 0 Å². The van der Waals surface area contributed by atoms with E-state index in [1.807, 2.05) is 30.3 Å². The molecule has 0 aliphatic rings. The van der Waals surface area contributed by atoms with Crippen LogP contribution in [0.25, 0.3) is 0 Å². The van der Waals surface area contributed by atoms with E-state index in [4.69, 9.17) is 0 Å². The van der Waals surface area contributed by atoms with Crippen LogP contribution >= 0.6 is 0 Å². The van der Waals surface area contributed by atoms with E-state index >= 15 is 0 Å². The average Bonchev–Trinajstić information content (AvgIpc) is 1.69. The number of hydrogen-bond donors (Lipinski definition) is 0. The Labute approximate surface area is 97.4 Å². The quantitative estimate of drug-likeness (QED) is 0.329. The van der Waals surface area contributed by atoms with Crippen molar-refractivity contribution in [1.82, 2.24) is 0 Å². The van der Waals surface area contributed by atoms with Crippen LogP contribution in [0.2, 0.25) is 0 Å². The van der Waals surface area contributed by atoms with Crippen LogP contribution in [0, 0.1) is 6.92 Å². The van der Waals surface area contributed by atoms with Crippen molar-refractivity contribution in [2.45, 2.75) is 0 Å². The van der Waals surface area contributed by atoms with E-state index in [1.165, 1.54) is 0 Å². The van der Waals surface area contributed by atoms with E-state index in [0.717, 1.165) is 5.56 Å². The second-order valence-corrected chi connectivity index (χ2v) is 1.49. The zero-order valence-electron chi connectivity index (χ0n) is 5.50. The van der Waals surface area contributed by atoms with Gasteiger partial charge in [0.25, 0.3) is 0 Å². The maximum atomic E-state index is 3.72. The Morgan fingerprint density at radius 1 is 1.00 bits per heavy atom. The second kappa shape index (κ2) is 6.77. The molecule has 1 aromatic rings. The molecular formula is C7H8FK. The van der Waals surface area contributed by atoms with Crippen molar-refractivity contribution in [3.05, 3.63) is 42.8 Å². The summed E-state index contributed by atoms with van der Waals surface area (Å²) in [5.74, 6) is 0. The van der Waals surface area contributed by atoms with Gasteiger partial charge in [0, 0.05) is 0 Å². The maximum Gasteiger partial charge on any atom is 1.00 e. The Bertz CT molecular complexity index is 139. The molecule has 0 atom stereocenters. The monoisotopic (exact) mass is 150 g/mol. The zero-order valence-corrected chi connectivity index (χ0v) is 8.63. The van der Waals surface area contributed by atoms with Crippen molar-refractivity contribution in [1.29, 1.82) is 0 Å². The molecule has 1 aromatic carbocycles. The number of benzene rings is 1. The Morgan fingerprint density at radius 2 is 1.44 bits per heavy atom. The molecule has 0 heterocycles. The summed E-state index contributed by atoms with van der Waals surface area (Å²) in [7, 11) is 0. The number of rotatable bonds is 0. The van der Waals surface area contributed by atoms with Crippen LogP contribution in [0.3, 0.4) is 0 Å². The van der Waals surface area contributed by atoms with E-state index < -0.39 is 0 Å². The summed E-state index contributed by atoms with van der Waals surface area (Å²) in [5.41, 5.74) is 1.07. The minimum absolute atomic E-state index is 0. The standard InChI is InChI=1S/C7H7.FH.K/c1-7-5-3-2-4-6-7;;/h2-6H,1H2;1H;/q-1;;+1. The fourth-order valence-electron chi connectivity index (χ4n) is 0.478. The molecule has 0 unspecified atom stereocenters. The van der Waals surface area contributed by atoms with Crippen molar-refractivity contribution in [3.63, 3.8) is 0 Å². The van der Waals surface area contributed by atoms with Gasteiger partial charge in [-0.25, -0.2) is 0 Å². The molecule has 0 amide bonds. The van der Waals surface area contributed by atoms with Crippen LogP contribution < -0.4 is 51.4 Å². The Morgan fingerprint density at radius 3 is 1.67 bits per heavy atom. The Hall–Kier alpha value is 0.656. The molecule has 0 fully saturated rings. The van der Waals surface area contributed by atoms with Gasteiger partial charge in [-0.05, 0) is 0 Å². The largest absolute Gasteiger partial charge is 1.00 e. The molecule has 44 valence electrons. The van der Waals surface area contributed by atoms with Gasteiger partial charge < -0.3 is 0 Å². The third kappa shape index (κ3) is 5.12. The van der Waals surface area contributed by atoms with Crippen LogP contribution in [0.4, 0.5) is 4.70 Å². The van der Waals surface area contributed by atoms with E-state index in [-0.39, 0.29) is 56.1 Å². The number of hydrogen-bond acceptors (Lipinski definition) is 0. The van der Waals surface area contributed by atoms with Crippen LogP contribution in [0.15, 0.2) is 30.3 Å². The van der Waals surface area contributed by atoms with Crippen LogP contribution in [-0.2, 0) is 0 Å². The topological polar surface area (TPSA) is 0 Å². The first kappa shape index (κ1) is 12.3. The van der Waals surface area contributed by atoms with Crippen molar-refractivity contribution < 1.29 is 56.1 Å². The Kier molecular flexibility index (Phi) is 9.29. The predicted molar refractivity (Wildman–Crippen MR) is 33.4 cm³/mol. The van der Waals surface area contributed by atoms with E-state index in [0.29, 0.717) is 0 Å². The van der Waals surface area contributed by atoms with Crippen molar-refractivity contribution in [2.75, 3.05) is 0 Å². The van der Waals surface area contributed by atoms with Crippen molar-refractivity contribution in [2.24, 2.45) is 0 Å². The minimum atomic E-state index is 0. The van der Waals surface area contributed by atoms with Gasteiger partial charge >= 0.3 is 51.4 Å². The van der Waals surface area contributed by atoms with E-state index in [1.54, 1.807) is 0 Å². The molecule has 9 heavy (non-hydrogen) atoms. The fraction of sp³-hybridized carbons (Fsp3) is 0. The van der Waals surface area contributed by atoms with Crippen LogP contribution in [-0.4, -0.2) is 0 Å². The molecule has 0 aromatic heterocycles. The van der Waals surface area contributed by atoms with E-state index in [2.05, 4.69) is 6.92 Å². The summed E-state index contributed by atoms with van der Waals surface area (Å²) in [6, 6.07) is 9.87. The van der Waals surface area contributed by atoms with Crippen molar-refractivity contribution >= 4 is 0 Å². The third-order valence-corrected chi connectivity index (χ3v) is 0.843. The predicted octanol–water partition coefficient (Wildman–Crippen LogP) is -0.975. The minimum Gasteiger partial charge on any atom is -0.269 e. The maximum absolute atomic E-state index is 3.72. The van der Waals surface area contributed by atoms with E-state index in [9.17, 15) is 0 Å². The molecule has 0 saturated heterocycles. The molecule has 0 aliphatic heterocycles. The summed E-state index contributed by atoms with van der Waals surface area (Å²) in [4.78, 5) is 0. The smallest absolute Gasteiger partial charge is 0.269 e. The van der Waals surface area contributed by atoms with Gasteiger partial charge in [-0.1, -0.05) is 6.07 Å². The molecule has 0 bridgehead atoms. The molecule has 1 rings (SSSR count). The fourth-order valence-corrected chi connectivity index (χ4v) is 0.478. The molecule has 0 radical (unpaired) electrons. The van der Waals surface area contributed by atoms with Gasteiger partial charge in [-0.15, -0.1) is 12.1 Å². The molecule has 0 saturated carbocycles. The van der Waals surface area contributed by atoms with Gasteiger partial charge in [0.15, 0.2) is 0 Å². The molecular weight excluding hydrogens is 142 g/mol. The first-order valence-electron chi connectivity index (χ1n) is 2.26. The van der Waals surface area contributed by atoms with Gasteiger partial charge in [0.05, 0.1) is 0 Å². The molecule has 2 heteroatoms. The number of halogens is 1. The van der Waals surface area contributed by atoms with Gasteiger partial charge in [0.2, 0.25) is 0 Å². The first-order valence-corrected chi connectivity index (χ1v) is 2.26. The van der Waals surface area contributed by atoms with Gasteiger partial charge in [-0.3, -0.25) is 4.70 Å². The van der Waals surface area contributed by atoms with Crippen LogP contribution in [0.1, 0.15) is 5.56 Å². The second-order valence-electron chi connectivity index (χ2n) is 1.49. The summed E-state index contributed by atoms with van der Waals surface area (Å²) < 4.78 is 0. The molecule has 0 nitrogen and oxygen atoms in total. The summed E-state index contributed by atoms with van der Waals surface area (Å²) in [6.45, 7) is 3.72. The molecule has 0 aliphatic carbocycles. The molecule has 0 spiro atoms. The molecule has 0 N–H and O–H groups in total. The Balaban J connectivity index is 0. The third-order valence-electron chi connectivity index (χ3n) is 0.843. The first-order chi connectivity index (χ1) is 3.39. The summed E-state index contributed by atoms with van der Waals surface area (Å²) in [6.07, 6.45) is 0.